The van der Waals surface area contributed by atoms with E-state index >= 15 is 0 Å². The third-order valence-electron chi connectivity index (χ3n) is 4.15. The number of nitrogens with one attached hydrogen (secondary N) is 1. The van der Waals surface area contributed by atoms with Gasteiger partial charge in [0.25, 0.3) is 0 Å². The van der Waals surface area contributed by atoms with E-state index in [1.54, 1.807) is 13.4 Å². The average Bonchev–Trinajstić information content (AvgIpc) is 3.29. The fourth-order valence-electron chi connectivity index (χ4n) is 2.81. The Morgan fingerprint density at radius 3 is 3.00 bits per heavy atom. The normalized spacial score (nSPS) is 16.8. The zero-order chi connectivity index (χ0) is 16.4. The topological polar surface area (TPSA) is 90.9 Å². The van der Waals surface area contributed by atoms with E-state index in [0.717, 1.165) is 36.5 Å². The van der Waals surface area contributed by atoms with Crippen molar-refractivity contribution in [2.45, 2.75) is 32.0 Å². The van der Waals surface area contributed by atoms with Gasteiger partial charge in [-0.3, -0.25) is 0 Å². The first-order valence-electron chi connectivity index (χ1n) is 7.88. The van der Waals surface area contributed by atoms with Gasteiger partial charge < -0.3 is 14.5 Å². The lowest BCUT2D eigenvalue weighted by atomic mass is 10.1. The molecular weight excluding hydrogens is 308 g/mol. The summed E-state index contributed by atoms with van der Waals surface area (Å²) in [5.41, 5.74) is 0.875. The summed E-state index contributed by atoms with van der Waals surface area (Å²) in [7, 11) is 1.64. The van der Waals surface area contributed by atoms with E-state index in [-0.39, 0.29) is 0 Å². The molecule has 3 heterocycles. The number of methoxy groups -OCH3 is 1. The molecular formula is C16H18N6O2. The van der Waals surface area contributed by atoms with Crippen LogP contribution in [0.25, 0.3) is 11.5 Å². The Bertz CT molecular complexity index is 810. The number of benzene rings is 1. The maximum atomic E-state index is 5.73. The lowest BCUT2D eigenvalue weighted by molar-refractivity contribution is 0.342. The van der Waals surface area contributed by atoms with Crippen LogP contribution < -0.4 is 10.1 Å². The Kier molecular flexibility index (Phi) is 3.96. The Morgan fingerprint density at radius 2 is 2.17 bits per heavy atom. The molecule has 8 heteroatoms. The first-order chi connectivity index (χ1) is 11.8. The van der Waals surface area contributed by atoms with E-state index in [0.29, 0.717) is 24.4 Å². The molecule has 24 heavy (non-hydrogen) atoms. The van der Waals surface area contributed by atoms with Gasteiger partial charge in [-0.25, -0.2) is 9.67 Å². The first kappa shape index (κ1) is 14.8. The molecule has 1 atom stereocenters. The highest BCUT2D eigenvalue weighted by Gasteiger charge is 2.20. The number of ether oxygens (including phenoxy) is 1. The number of nitrogens with zero attached hydrogens (tertiary/aromatic N) is 5. The maximum Gasteiger partial charge on any atom is 0.247 e. The number of aromatic nitrogens is 5. The maximum absolute atomic E-state index is 5.73. The second-order valence-electron chi connectivity index (χ2n) is 5.70. The zero-order valence-electron chi connectivity index (χ0n) is 13.3. The van der Waals surface area contributed by atoms with E-state index < -0.39 is 0 Å². The minimum absolute atomic E-state index is 0.329. The van der Waals surface area contributed by atoms with Gasteiger partial charge in [0.15, 0.2) is 0 Å². The van der Waals surface area contributed by atoms with Crippen LogP contribution in [-0.2, 0) is 19.5 Å². The predicted octanol–water partition coefficient (Wildman–Crippen LogP) is 1.44. The molecule has 4 rings (SSSR count). The largest absolute Gasteiger partial charge is 0.497 e. The van der Waals surface area contributed by atoms with Gasteiger partial charge in [-0.15, -0.1) is 10.2 Å². The summed E-state index contributed by atoms with van der Waals surface area (Å²) in [5.74, 6) is 2.93. The Hall–Kier alpha value is -2.74. The molecule has 1 aromatic carbocycles. The van der Waals surface area contributed by atoms with E-state index in [1.165, 1.54) is 0 Å². The van der Waals surface area contributed by atoms with Crippen molar-refractivity contribution < 1.29 is 9.15 Å². The summed E-state index contributed by atoms with van der Waals surface area (Å²) in [6, 6.07) is 7.87. The van der Waals surface area contributed by atoms with Crippen molar-refractivity contribution in [3.63, 3.8) is 0 Å². The molecule has 1 N–H and O–H groups in total. The molecule has 0 unspecified atom stereocenters. The van der Waals surface area contributed by atoms with E-state index in [4.69, 9.17) is 9.15 Å². The van der Waals surface area contributed by atoms with Crippen LogP contribution in [0.2, 0.25) is 0 Å². The van der Waals surface area contributed by atoms with Crippen LogP contribution in [0, 0.1) is 0 Å². The molecule has 8 nitrogen and oxygen atoms in total. The van der Waals surface area contributed by atoms with E-state index in [9.17, 15) is 0 Å². The number of hydrogen-bond donors (Lipinski definition) is 1. The van der Waals surface area contributed by atoms with Gasteiger partial charge in [-0.2, -0.15) is 5.10 Å². The molecule has 1 aliphatic heterocycles. The van der Waals surface area contributed by atoms with Crippen molar-refractivity contribution >= 4 is 0 Å². The number of fused-ring (bicyclic) bond motifs is 1. The Labute approximate surface area is 138 Å². The molecule has 0 aliphatic carbocycles. The number of aryl methyl sites for hydroxylation is 1. The third kappa shape index (κ3) is 3.00. The highest BCUT2D eigenvalue weighted by atomic mass is 16.5. The van der Waals surface area contributed by atoms with Crippen LogP contribution in [-0.4, -0.2) is 38.1 Å². The van der Waals surface area contributed by atoms with Gasteiger partial charge in [0.05, 0.1) is 20.2 Å². The van der Waals surface area contributed by atoms with Crippen molar-refractivity contribution in [2.24, 2.45) is 0 Å². The van der Waals surface area contributed by atoms with Crippen LogP contribution in [0.1, 0.15) is 18.1 Å². The fraction of sp³-hybridized carbons (Fsp3) is 0.375. The van der Waals surface area contributed by atoms with Crippen LogP contribution >= 0.6 is 0 Å². The molecule has 124 valence electrons. The van der Waals surface area contributed by atoms with E-state index in [1.807, 2.05) is 28.9 Å². The van der Waals surface area contributed by atoms with Crippen LogP contribution in [0.4, 0.5) is 0 Å². The van der Waals surface area contributed by atoms with Crippen molar-refractivity contribution in [3.8, 4) is 17.2 Å². The average molecular weight is 326 g/mol. The minimum Gasteiger partial charge on any atom is -0.497 e. The molecule has 1 aliphatic rings. The summed E-state index contributed by atoms with van der Waals surface area (Å²) in [6.45, 7) is 1.35. The monoisotopic (exact) mass is 326 g/mol. The summed E-state index contributed by atoms with van der Waals surface area (Å²) in [4.78, 5) is 4.23. The molecule has 0 saturated heterocycles. The highest BCUT2D eigenvalue weighted by molar-refractivity contribution is 5.53. The van der Waals surface area contributed by atoms with Gasteiger partial charge in [0, 0.05) is 18.0 Å². The molecule has 3 aromatic rings. The summed E-state index contributed by atoms with van der Waals surface area (Å²) in [6.07, 6.45) is 3.56. The molecule has 0 fully saturated rings. The minimum atomic E-state index is 0.329. The van der Waals surface area contributed by atoms with Crippen LogP contribution in [0.3, 0.4) is 0 Å². The molecule has 0 bridgehead atoms. The molecule has 0 saturated carbocycles. The highest BCUT2D eigenvalue weighted by Crippen LogP contribution is 2.21. The Balaban J connectivity index is 1.37. The van der Waals surface area contributed by atoms with Crippen molar-refractivity contribution in [1.29, 1.82) is 0 Å². The molecule has 0 amide bonds. The van der Waals surface area contributed by atoms with Crippen molar-refractivity contribution in [3.05, 3.63) is 42.3 Å². The number of rotatable bonds is 5. The lowest BCUT2D eigenvalue weighted by Crippen LogP contribution is -2.37. The zero-order valence-corrected chi connectivity index (χ0v) is 13.3. The predicted molar refractivity (Wildman–Crippen MR) is 85.3 cm³/mol. The van der Waals surface area contributed by atoms with Gasteiger partial charge in [-0.05, 0) is 30.7 Å². The second-order valence-corrected chi connectivity index (χ2v) is 5.70. The Morgan fingerprint density at radius 1 is 1.29 bits per heavy atom. The van der Waals surface area contributed by atoms with E-state index in [2.05, 4.69) is 25.6 Å². The van der Waals surface area contributed by atoms with Crippen LogP contribution in [0.15, 0.2) is 35.0 Å². The van der Waals surface area contributed by atoms with Crippen LogP contribution in [0.5, 0.6) is 5.75 Å². The van der Waals surface area contributed by atoms with Gasteiger partial charge in [-0.1, -0.05) is 0 Å². The standard InChI is InChI=1S/C16H18N6O2/c1-23-13-5-2-11(3-6-13)16-21-20-15(24-16)8-17-12-4-7-14-18-10-19-22(14)9-12/h2-3,5-6,10,12,17H,4,7-9H2,1H3/t12-/m0/s1. The molecule has 0 radical (unpaired) electrons. The number of hydrogen-bond acceptors (Lipinski definition) is 7. The van der Waals surface area contributed by atoms with Crippen molar-refractivity contribution in [1.82, 2.24) is 30.3 Å². The summed E-state index contributed by atoms with van der Waals surface area (Å²) >= 11 is 0. The lowest BCUT2D eigenvalue weighted by Gasteiger charge is -2.22. The quantitative estimate of drug-likeness (QED) is 0.758. The molecule has 2 aromatic heterocycles. The summed E-state index contributed by atoms with van der Waals surface area (Å²) < 4.78 is 12.8. The third-order valence-corrected chi connectivity index (χ3v) is 4.15. The SMILES string of the molecule is COc1ccc(-c2nnc(CN[C@H]3CCc4ncnn4C3)o2)cc1. The fourth-order valence-corrected chi connectivity index (χ4v) is 2.81. The van der Waals surface area contributed by atoms with Gasteiger partial charge in [0.2, 0.25) is 11.8 Å². The summed E-state index contributed by atoms with van der Waals surface area (Å²) in [5, 5.41) is 15.9. The van der Waals surface area contributed by atoms with Crippen molar-refractivity contribution in [2.75, 3.05) is 7.11 Å². The second kappa shape index (κ2) is 6.40. The smallest absolute Gasteiger partial charge is 0.247 e. The van der Waals surface area contributed by atoms with Gasteiger partial charge >= 0.3 is 0 Å². The van der Waals surface area contributed by atoms with Gasteiger partial charge in [0.1, 0.15) is 17.9 Å². The molecule has 0 spiro atoms. The first-order valence-corrected chi connectivity index (χ1v) is 7.88.